The lowest BCUT2D eigenvalue weighted by Gasteiger charge is -2.54. The molecule has 0 spiro atoms. The van der Waals surface area contributed by atoms with E-state index in [9.17, 15) is 13.2 Å². The van der Waals surface area contributed by atoms with Crippen LogP contribution in [0, 0.1) is 10.8 Å². The van der Waals surface area contributed by atoms with Gasteiger partial charge in [-0.05, 0) is 63.6 Å². The fraction of sp³-hybridized carbons (Fsp3) is 0.643. The van der Waals surface area contributed by atoms with E-state index in [2.05, 4.69) is 22.4 Å². The van der Waals surface area contributed by atoms with Crippen molar-refractivity contribution in [2.24, 2.45) is 10.8 Å². The Morgan fingerprint density at radius 1 is 1.20 bits per heavy atom. The summed E-state index contributed by atoms with van der Waals surface area (Å²) in [5.41, 5.74) is -0.443. The fourth-order valence-corrected chi connectivity index (χ4v) is 6.04. The van der Waals surface area contributed by atoms with Crippen LogP contribution in [0.25, 0.3) is 5.69 Å². The molecule has 0 unspecified atom stereocenters. The van der Waals surface area contributed by atoms with Crippen LogP contribution in [-0.4, -0.2) is 77.7 Å². The van der Waals surface area contributed by atoms with Gasteiger partial charge in [0.05, 0.1) is 48.4 Å². The molecule has 220 valence electrons. The van der Waals surface area contributed by atoms with Gasteiger partial charge in [0, 0.05) is 18.3 Å². The molecule has 0 saturated carbocycles. The molecule has 0 amide bonds. The van der Waals surface area contributed by atoms with Gasteiger partial charge in [0.25, 0.3) is 5.16 Å². The van der Waals surface area contributed by atoms with Crippen LogP contribution in [0.2, 0.25) is 0 Å². The van der Waals surface area contributed by atoms with Gasteiger partial charge in [0.1, 0.15) is 0 Å². The summed E-state index contributed by atoms with van der Waals surface area (Å²) in [5, 5.41) is 11.0. The Bertz CT molecular complexity index is 1300. The predicted molar refractivity (Wildman–Crippen MR) is 146 cm³/mol. The van der Waals surface area contributed by atoms with E-state index in [0.29, 0.717) is 25.1 Å². The molecule has 2 aromatic rings. The number of benzene rings is 1. The molecule has 12 heteroatoms. The van der Waals surface area contributed by atoms with Crippen LogP contribution in [0.5, 0.6) is 0 Å². The van der Waals surface area contributed by atoms with Crippen molar-refractivity contribution in [2.45, 2.75) is 90.1 Å². The Morgan fingerprint density at radius 2 is 1.93 bits per heavy atom. The Hall–Kier alpha value is -2.67. The quantitative estimate of drug-likeness (QED) is 0.322. The first kappa shape index (κ1) is 30.3. The number of tetrazole rings is 1. The fourth-order valence-electron chi connectivity index (χ4n) is 4.85. The number of carbonyl (C=O) groups is 1. The van der Waals surface area contributed by atoms with Gasteiger partial charge >= 0.3 is 5.97 Å². The highest BCUT2D eigenvalue weighted by atomic mass is 32.2. The van der Waals surface area contributed by atoms with Gasteiger partial charge in [0.2, 0.25) is 9.84 Å². The minimum atomic E-state index is -3.74. The molecule has 1 aromatic carbocycles. The number of aromatic nitrogens is 4. The zero-order valence-corrected chi connectivity index (χ0v) is 24.9. The van der Waals surface area contributed by atoms with E-state index in [1.807, 2.05) is 52.8 Å². The van der Waals surface area contributed by atoms with E-state index in [0.717, 1.165) is 0 Å². The molecule has 2 saturated heterocycles. The molecule has 1 aromatic heterocycles. The molecule has 11 nitrogen and oxygen atoms in total. The summed E-state index contributed by atoms with van der Waals surface area (Å²) in [4.78, 5) is 12.3. The average molecular weight is 577 g/mol. The molecule has 2 fully saturated rings. The van der Waals surface area contributed by atoms with Crippen molar-refractivity contribution in [1.29, 1.82) is 0 Å². The van der Waals surface area contributed by atoms with Crippen LogP contribution in [0.3, 0.4) is 0 Å². The molecule has 0 bridgehead atoms. The third-order valence-corrected chi connectivity index (χ3v) is 8.85. The SMILES string of the molecule is CC1(C)OC[C@@]2(C)[C@H](C[C@H](/C=C/CCS(=O)(=O)c3nnnn3-c3ccccc3)O[C@@H]2CCOC(=O)C(C)(C)C)O1. The predicted octanol–water partition coefficient (Wildman–Crippen LogP) is 3.68. The second kappa shape index (κ2) is 11.7. The number of nitrogens with zero attached hydrogens (tertiary/aromatic N) is 4. The van der Waals surface area contributed by atoms with E-state index < -0.39 is 26.5 Å². The number of fused-ring (bicyclic) bond motifs is 1. The third-order valence-electron chi connectivity index (χ3n) is 7.26. The summed E-state index contributed by atoms with van der Waals surface area (Å²) < 4.78 is 51.6. The first-order valence-corrected chi connectivity index (χ1v) is 15.2. The van der Waals surface area contributed by atoms with E-state index >= 15 is 0 Å². The van der Waals surface area contributed by atoms with Crippen LogP contribution in [0.15, 0.2) is 47.6 Å². The molecule has 40 heavy (non-hydrogen) atoms. The van der Waals surface area contributed by atoms with Gasteiger partial charge < -0.3 is 18.9 Å². The smallest absolute Gasteiger partial charge is 0.311 e. The first-order valence-electron chi connectivity index (χ1n) is 13.6. The zero-order chi connectivity index (χ0) is 29.2. The van der Waals surface area contributed by atoms with E-state index in [4.69, 9.17) is 18.9 Å². The van der Waals surface area contributed by atoms with Gasteiger partial charge in [-0.2, -0.15) is 4.68 Å². The summed E-state index contributed by atoms with van der Waals surface area (Å²) in [5.74, 6) is -1.15. The molecule has 4 rings (SSSR count). The van der Waals surface area contributed by atoms with E-state index in [1.165, 1.54) is 4.68 Å². The highest BCUT2D eigenvalue weighted by molar-refractivity contribution is 7.91. The van der Waals surface area contributed by atoms with Crippen LogP contribution < -0.4 is 0 Å². The molecule has 4 atom stereocenters. The van der Waals surface area contributed by atoms with Gasteiger partial charge in [0.15, 0.2) is 5.79 Å². The minimum Gasteiger partial charge on any atom is -0.465 e. The Balaban J connectivity index is 1.41. The highest BCUT2D eigenvalue weighted by Crippen LogP contribution is 2.46. The van der Waals surface area contributed by atoms with Crippen molar-refractivity contribution < 1.29 is 32.2 Å². The first-order chi connectivity index (χ1) is 18.7. The third kappa shape index (κ3) is 6.96. The lowest BCUT2D eigenvalue weighted by Crippen LogP contribution is -2.61. The number of sulfone groups is 1. The standard InChI is InChI=1S/C28H40N4O7S/c1-26(2,3)24(33)36-16-15-22-28(6)19-37-27(4,5)39-23(28)18-21(38-22)14-10-11-17-40(34,35)25-29-30-31-32(25)20-12-8-7-9-13-20/h7-10,12-14,21-23H,11,15-19H2,1-6H3/b14-10+/t21-,22+,23-,28+/m0/s1. The molecular formula is C28H40N4O7S. The van der Waals surface area contributed by atoms with E-state index in [1.54, 1.807) is 24.3 Å². The molecule has 0 aliphatic carbocycles. The number of esters is 1. The number of hydrogen-bond acceptors (Lipinski definition) is 10. The van der Waals surface area contributed by atoms with Gasteiger partial charge in [-0.1, -0.05) is 42.4 Å². The molecule has 2 aliphatic heterocycles. The van der Waals surface area contributed by atoms with Crippen molar-refractivity contribution in [3.05, 3.63) is 42.5 Å². The van der Waals surface area contributed by atoms with Crippen molar-refractivity contribution in [1.82, 2.24) is 20.2 Å². The van der Waals surface area contributed by atoms with Gasteiger partial charge in [-0.3, -0.25) is 4.79 Å². The monoisotopic (exact) mass is 576 g/mol. The molecule has 2 aliphatic rings. The summed E-state index contributed by atoms with van der Waals surface area (Å²) in [7, 11) is -3.74. The van der Waals surface area contributed by atoms with Crippen LogP contribution in [0.1, 0.15) is 60.8 Å². The summed E-state index contributed by atoms with van der Waals surface area (Å²) in [6, 6.07) is 8.89. The topological polar surface area (TPSA) is 132 Å². The van der Waals surface area contributed by atoms with Crippen LogP contribution in [-0.2, 0) is 33.6 Å². The summed E-state index contributed by atoms with van der Waals surface area (Å²) in [6.07, 6.45) is 4.30. The van der Waals surface area contributed by atoms with Crippen LogP contribution in [0.4, 0.5) is 0 Å². The highest BCUT2D eigenvalue weighted by Gasteiger charge is 2.53. The lowest BCUT2D eigenvalue weighted by molar-refractivity contribution is -0.351. The largest absolute Gasteiger partial charge is 0.465 e. The van der Waals surface area contributed by atoms with Gasteiger partial charge in [-0.15, -0.1) is 0 Å². The van der Waals surface area contributed by atoms with Crippen LogP contribution >= 0.6 is 0 Å². The maximum atomic E-state index is 13.0. The van der Waals surface area contributed by atoms with Crippen molar-refractivity contribution in [3.8, 4) is 5.69 Å². The van der Waals surface area contributed by atoms with E-state index in [-0.39, 0.29) is 48.2 Å². The lowest BCUT2D eigenvalue weighted by atomic mass is 9.73. The molecule has 0 N–H and O–H groups in total. The maximum absolute atomic E-state index is 13.0. The normalized spacial score (nSPS) is 26.9. The number of allylic oxidation sites excluding steroid dienone is 1. The van der Waals surface area contributed by atoms with Gasteiger partial charge in [-0.25, -0.2) is 8.42 Å². The Labute approximate surface area is 236 Å². The molecule has 0 radical (unpaired) electrons. The zero-order valence-electron chi connectivity index (χ0n) is 24.1. The number of hydrogen-bond donors (Lipinski definition) is 0. The minimum absolute atomic E-state index is 0.151. The van der Waals surface area contributed by atoms with Crippen molar-refractivity contribution >= 4 is 15.8 Å². The van der Waals surface area contributed by atoms with Crippen molar-refractivity contribution in [3.63, 3.8) is 0 Å². The number of rotatable bonds is 9. The van der Waals surface area contributed by atoms with Crippen molar-refractivity contribution in [2.75, 3.05) is 19.0 Å². The second-order valence-electron chi connectivity index (χ2n) is 12.1. The Morgan fingerprint density at radius 3 is 2.62 bits per heavy atom. The number of para-hydroxylation sites is 1. The summed E-state index contributed by atoms with van der Waals surface area (Å²) in [6.45, 7) is 12.0. The number of carbonyl (C=O) groups excluding carboxylic acids is 1. The second-order valence-corrected chi connectivity index (χ2v) is 14.1. The molecular weight excluding hydrogens is 536 g/mol. The maximum Gasteiger partial charge on any atom is 0.311 e. The summed E-state index contributed by atoms with van der Waals surface area (Å²) >= 11 is 0. The molecule has 3 heterocycles. The average Bonchev–Trinajstić information content (AvgIpc) is 3.39. The number of ether oxygens (including phenoxy) is 4. The Kier molecular flexibility index (Phi) is 8.84.